The molecule has 2 aliphatic rings. The molecule has 7 aromatic rings. The molecule has 9 rings (SSSR count). The summed E-state index contributed by atoms with van der Waals surface area (Å²) in [4.78, 5) is 6.70. The number of hydrogen-bond donors (Lipinski definition) is 0. The molecule has 0 atom stereocenters. The number of imidazole rings is 1. The van der Waals surface area contributed by atoms with Gasteiger partial charge in [0.1, 0.15) is 5.82 Å². The number of aromatic nitrogens is 3. The zero-order valence-electron chi connectivity index (χ0n) is 25.6. The average molecular weight is 790 g/mol. The van der Waals surface area contributed by atoms with E-state index < -0.39 is 0 Å². The summed E-state index contributed by atoms with van der Waals surface area (Å²) in [5.74, 6) is 2.64. The molecule has 0 fully saturated rings. The van der Waals surface area contributed by atoms with Gasteiger partial charge in [0.05, 0.1) is 16.7 Å². The monoisotopic (exact) mass is 789 g/mol. The second kappa shape index (κ2) is 11.3. The van der Waals surface area contributed by atoms with Gasteiger partial charge in [-0.1, -0.05) is 86.6 Å². The van der Waals surface area contributed by atoms with E-state index in [2.05, 4.69) is 99.8 Å². The van der Waals surface area contributed by atoms with Crippen molar-refractivity contribution in [2.75, 3.05) is 4.81 Å². The van der Waals surface area contributed by atoms with Gasteiger partial charge >= 0.3 is 7.05 Å². The van der Waals surface area contributed by atoms with Crippen molar-refractivity contribution in [2.45, 2.75) is 19.3 Å². The Bertz CT molecular complexity index is 2260. The zero-order valence-corrected chi connectivity index (χ0v) is 27.9. The van der Waals surface area contributed by atoms with Crippen LogP contribution in [0.25, 0.3) is 22.4 Å². The molecule has 0 radical (unpaired) electrons. The second-order valence-corrected chi connectivity index (χ2v) is 12.1. The molecule has 8 heteroatoms. The van der Waals surface area contributed by atoms with Crippen LogP contribution in [0.5, 0.6) is 17.2 Å². The molecule has 0 saturated carbocycles. The van der Waals surface area contributed by atoms with Gasteiger partial charge in [-0.2, -0.15) is 6.07 Å². The molecule has 0 unspecified atom stereocenters. The van der Waals surface area contributed by atoms with Gasteiger partial charge in [-0.05, 0) is 52.1 Å². The Morgan fingerprint density at radius 3 is 2.23 bits per heavy atom. The fourth-order valence-corrected chi connectivity index (χ4v) is 6.70. The Morgan fingerprint density at radius 2 is 1.47 bits per heavy atom. The summed E-state index contributed by atoms with van der Waals surface area (Å²) in [7, 11) is -0.377. The molecule has 0 amide bonds. The number of pyridine rings is 1. The fourth-order valence-electron chi connectivity index (χ4n) is 6.70. The second-order valence-electron chi connectivity index (χ2n) is 12.1. The molecule has 5 aromatic carbocycles. The molecule has 0 N–H and O–H groups in total. The Morgan fingerprint density at radius 1 is 0.745 bits per heavy atom. The van der Waals surface area contributed by atoms with Crippen LogP contribution >= 0.6 is 0 Å². The first-order chi connectivity index (χ1) is 22.6. The first-order valence-electron chi connectivity index (χ1n) is 15.3. The molecule has 4 heterocycles. The SMILES string of the molecule is CC1(C)c2ccc(Oc3[c-]c4c(cc3)OB(c3ccccc3)N4c3ccccn3)[c-]c2-n2[c-][n+](-c3ccccc3)c3cccc1c32.[Pt]. The van der Waals surface area contributed by atoms with E-state index >= 15 is 0 Å². The summed E-state index contributed by atoms with van der Waals surface area (Å²) in [5.41, 5.74) is 8.14. The number of ether oxygens (including phenoxy) is 1. The number of hydrogen-bond acceptors (Lipinski definition) is 4. The van der Waals surface area contributed by atoms with Crippen LogP contribution in [-0.4, -0.2) is 16.6 Å². The number of benzene rings is 5. The maximum absolute atomic E-state index is 6.49. The van der Waals surface area contributed by atoms with E-state index in [0.29, 0.717) is 11.5 Å². The van der Waals surface area contributed by atoms with Crippen molar-refractivity contribution in [3.05, 3.63) is 157 Å². The van der Waals surface area contributed by atoms with Crippen molar-refractivity contribution >= 4 is 35.1 Å². The van der Waals surface area contributed by atoms with Gasteiger partial charge in [-0.25, -0.2) is 4.98 Å². The van der Waals surface area contributed by atoms with E-state index in [1.165, 1.54) is 5.56 Å². The molecular weight excluding hydrogens is 762 g/mol. The summed E-state index contributed by atoms with van der Waals surface area (Å²) in [6.07, 6.45) is 5.41. The van der Waals surface area contributed by atoms with Crippen LogP contribution in [0.2, 0.25) is 0 Å². The number of fused-ring (bicyclic) bond motifs is 3. The van der Waals surface area contributed by atoms with E-state index in [1.807, 2.05) is 72.8 Å². The van der Waals surface area contributed by atoms with Crippen molar-refractivity contribution in [1.29, 1.82) is 0 Å². The van der Waals surface area contributed by atoms with Gasteiger partial charge in [0.25, 0.3) is 6.33 Å². The summed E-state index contributed by atoms with van der Waals surface area (Å²) >= 11 is 0. The third kappa shape index (κ3) is 4.68. The molecule has 6 nitrogen and oxygen atoms in total. The Labute approximate surface area is 288 Å². The minimum absolute atomic E-state index is 0. The van der Waals surface area contributed by atoms with Crippen LogP contribution < -0.4 is 24.2 Å². The topological polar surface area (TPSA) is 43.4 Å². The minimum atomic E-state index is -0.377. The predicted octanol–water partition coefficient (Wildman–Crippen LogP) is 7.06. The predicted molar refractivity (Wildman–Crippen MR) is 179 cm³/mol. The summed E-state index contributed by atoms with van der Waals surface area (Å²) in [6, 6.07) is 47.9. The molecule has 47 heavy (non-hydrogen) atoms. The van der Waals surface area contributed by atoms with E-state index in [9.17, 15) is 0 Å². The van der Waals surface area contributed by atoms with E-state index in [0.717, 1.165) is 50.7 Å². The first kappa shape index (κ1) is 29.3. The standard InChI is InChI=1S/C39H27BN4O2.Pt/c1-39(2)31-21-19-29(24-34(31)43-26-42(28-14-7-4-8-15-28)33-17-11-16-32(39)38(33)43)45-30-20-22-36-35(25-30)44(37-18-9-10-23-41-37)40(46-36)27-12-5-3-6-13-27;/h3-23H,1-2H3;/q-2;. The van der Waals surface area contributed by atoms with Gasteiger partial charge in [0.15, 0.2) is 0 Å². The molecule has 2 aliphatic heterocycles. The van der Waals surface area contributed by atoms with Crippen LogP contribution in [0, 0.1) is 18.5 Å². The fraction of sp³-hybridized carbons (Fsp3) is 0.0769. The van der Waals surface area contributed by atoms with Gasteiger partial charge < -0.3 is 18.8 Å². The maximum atomic E-state index is 6.49. The van der Waals surface area contributed by atoms with E-state index in [-0.39, 0.29) is 33.5 Å². The van der Waals surface area contributed by atoms with E-state index in [1.54, 1.807) is 6.20 Å². The molecule has 0 aliphatic carbocycles. The third-order valence-corrected chi connectivity index (χ3v) is 8.94. The molecule has 0 spiro atoms. The van der Waals surface area contributed by atoms with Gasteiger partial charge in [-0.3, -0.25) is 4.57 Å². The minimum Gasteiger partial charge on any atom is -0.599 e. The van der Waals surface area contributed by atoms with Crippen molar-refractivity contribution < 1.29 is 35.0 Å². The average Bonchev–Trinajstić information content (AvgIpc) is 3.68. The van der Waals surface area contributed by atoms with Crippen LogP contribution in [0.1, 0.15) is 25.0 Å². The molecule has 230 valence electrons. The van der Waals surface area contributed by atoms with Crippen molar-refractivity contribution in [2.24, 2.45) is 0 Å². The zero-order chi connectivity index (χ0) is 30.8. The van der Waals surface area contributed by atoms with Crippen molar-refractivity contribution in [3.63, 3.8) is 0 Å². The molecule has 2 aromatic heterocycles. The maximum Gasteiger partial charge on any atom is 0.511 e. The molecule has 0 saturated heterocycles. The number of rotatable bonds is 5. The first-order valence-corrected chi connectivity index (χ1v) is 15.3. The van der Waals surface area contributed by atoms with Gasteiger partial charge in [0, 0.05) is 44.5 Å². The molecule has 0 bridgehead atoms. The smallest absolute Gasteiger partial charge is 0.511 e. The largest absolute Gasteiger partial charge is 0.599 e. The molecular formula is C39H27BN4O2Pt-2. The summed E-state index contributed by atoms with van der Waals surface area (Å²) in [5, 5.41) is 0. The van der Waals surface area contributed by atoms with Crippen molar-refractivity contribution in [3.8, 4) is 28.6 Å². The number of anilines is 2. The summed E-state index contributed by atoms with van der Waals surface area (Å²) < 4.78 is 17.2. The number of nitrogens with zero attached hydrogens (tertiary/aromatic N) is 4. The normalized spacial score (nSPS) is 13.8. The van der Waals surface area contributed by atoms with Crippen molar-refractivity contribution in [1.82, 2.24) is 9.55 Å². The summed E-state index contributed by atoms with van der Waals surface area (Å²) in [6.45, 7) is 4.53. The number of para-hydroxylation sites is 2. The van der Waals surface area contributed by atoms with Gasteiger partial charge in [-0.15, -0.1) is 35.9 Å². The Kier molecular flexibility index (Phi) is 7.03. The Balaban J connectivity index is 0.00000324. The van der Waals surface area contributed by atoms with Crippen LogP contribution in [0.3, 0.4) is 0 Å². The van der Waals surface area contributed by atoms with Gasteiger partial charge in [0.2, 0.25) is 0 Å². The third-order valence-electron chi connectivity index (χ3n) is 8.94. The van der Waals surface area contributed by atoms with Crippen LogP contribution in [-0.2, 0) is 26.5 Å². The van der Waals surface area contributed by atoms with Crippen LogP contribution in [0.15, 0.2) is 128 Å². The quantitative estimate of drug-likeness (QED) is 0.107. The van der Waals surface area contributed by atoms with E-state index in [4.69, 9.17) is 9.39 Å². The Hall–Kier alpha value is -5.13. The van der Waals surface area contributed by atoms with Crippen LogP contribution in [0.4, 0.5) is 11.5 Å².